The Hall–Kier alpha value is -0.120. The summed E-state index contributed by atoms with van der Waals surface area (Å²) in [6.45, 7) is 9.13. The Morgan fingerprint density at radius 1 is 1.38 bits per heavy atom. The van der Waals surface area contributed by atoms with E-state index in [2.05, 4.69) is 18.7 Å². The minimum absolute atomic E-state index is 0.242. The van der Waals surface area contributed by atoms with Crippen molar-refractivity contribution in [1.82, 2.24) is 4.90 Å². The molecule has 2 rings (SSSR count). The number of rotatable bonds is 3. The standard InChI is InChI=1S/C13H25NO2/c1-13(2)10-14(6-5-11(13)9-15)8-12-4-3-7-16-12/h11-12,15H,3-10H2,1-2H3. The molecule has 0 bridgehead atoms. The van der Waals surface area contributed by atoms with Crippen LogP contribution in [0.25, 0.3) is 0 Å². The van der Waals surface area contributed by atoms with Crippen LogP contribution in [0.1, 0.15) is 33.1 Å². The van der Waals surface area contributed by atoms with E-state index in [9.17, 15) is 5.11 Å². The van der Waals surface area contributed by atoms with E-state index in [1.54, 1.807) is 0 Å². The molecule has 16 heavy (non-hydrogen) atoms. The Morgan fingerprint density at radius 3 is 2.75 bits per heavy atom. The van der Waals surface area contributed by atoms with E-state index in [-0.39, 0.29) is 5.41 Å². The smallest absolute Gasteiger partial charge is 0.0702 e. The first-order valence-corrected chi connectivity index (χ1v) is 6.56. The summed E-state index contributed by atoms with van der Waals surface area (Å²) in [6, 6.07) is 0. The van der Waals surface area contributed by atoms with Gasteiger partial charge in [-0.15, -0.1) is 0 Å². The molecule has 3 nitrogen and oxygen atoms in total. The van der Waals surface area contributed by atoms with Gasteiger partial charge in [-0.25, -0.2) is 0 Å². The largest absolute Gasteiger partial charge is 0.396 e. The average Bonchev–Trinajstić information content (AvgIpc) is 2.69. The third-order valence-corrected chi connectivity index (χ3v) is 4.24. The maximum Gasteiger partial charge on any atom is 0.0702 e. The van der Waals surface area contributed by atoms with E-state index in [0.29, 0.717) is 18.6 Å². The maximum absolute atomic E-state index is 9.35. The van der Waals surface area contributed by atoms with Crippen molar-refractivity contribution in [2.45, 2.75) is 39.2 Å². The Bertz CT molecular complexity index is 224. The van der Waals surface area contributed by atoms with Crippen molar-refractivity contribution in [3.8, 4) is 0 Å². The van der Waals surface area contributed by atoms with Crippen molar-refractivity contribution in [3.05, 3.63) is 0 Å². The zero-order valence-electron chi connectivity index (χ0n) is 10.6. The second-order valence-corrected chi connectivity index (χ2v) is 6.03. The lowest BCUT2D eigenvalue weighted by Crippen LogP contribution is -2.48. The lowest BCUT2D eigenvalue weighted by atomic mass is 9.74. The van der Waals surface area contributed by atoms with Crippen LogP contribution in [0.3, 0.4) is 0 Å². The summed E-state index contributed by atoms with van der Waals surface area (Å²) in [6.07, 6.45) is 4.03. The van der Waals surface area contributed by atoms with Gasteiger partial charge in [0.15, 0.2) is 0 Å². The van der Waals surface area contributed by atoms with E-state index in [0.717, 1.165) is 32.7 Å². The van der Waals surface area contributed by atoms with Gasteiger partial charge in [0.25, 0.3) is 0 Å². The van der Waals surface area contributed by atoms with E-state index < -0.39 is 0 Å². The number of ether oxygens (including phenoxy) is 1. The first kappa shape index (κ1) is 12.3. The number of hydrogen-bond acceptors (Lipinski definition) is 3. The molecule has 0 amide bonds. The number of aliphatic hydroxyl groups excluding tert-OH is 1. The molecule has 2 saturated heterocycles. The fourth-order valence-electron chi connectivity index (χ4n) is 3.08. The van der Waals surface area contributed by atoms with E-state index in [4.69, 9.17) is 4.74 Å². The number of piperidine rings is 1. The molecule has 2 fully saturated rings. The van der Waals surface area contributed by atoms with Gasteiger partial charge in [-0.3, -0.25) is 0 Å². The summed E-state index contributed by atoms with van der Waals surface area (Å²) < 4.78 is 5.69. The molecule has 2 aliphatic rings. The summed E-state index contributed by atoms with van der Waals surface area (Å²) in [7, 11) is 0. The molecule has 1 N–H and O–H groups in total. The molecule has 0 aromatic heterocycles. The monoisotopic (exact) mass is 227 g/mol. The quantitative estimate of drug-likeness (QED) is 0.793. The molecule has 0 spiro atoms. The van der Waals surface area contributed by atoms with Gasteiger partial charge in [0.05, 0.1) is 6.10 Å². The van der Waals surface area contributed by atoms with Crippen molar-refractivity contribution in [2.24, 2.45) is 11.3 Å². The van der Waals surface area contributed by atoms with E-state index >= 15 is 0 Å². The van der Waals surface area contributed by atoms with E-state index in [1.807, 2.05) is 0 Å². The Kier molecular flexibility index (Phi) is 3.88. The van der Waals surface area contributed by atoms with Crippen molar-refractivity contribution in [3.63, 3.8) is 0 Å². The van der Waals surface area contributed by atoms with Crippen molar-refractivity contribution >= 4 is 0 Å². The number of hydrogen-bond donors (Lipinski definition) is 1. The minimum Gasteiger partial charge on any atom is -0.396 e. The summed E-state index contributed by atoms with van der Waals surface area (Å²) in [5.74, 6) is 0.466. The van der Waals surface area contributed by atoms with Gasteiger partial charge in [0, 0.05) is 26.3 Å². The van der Waals surface area contributed by atoms with Crippen molar-refractivity contribution in [2.75, 3.05) is 32.8 Å². The van der Waals surface area contributed by atoms with Crippen molar-refractivity contribution in [1.29, 1.82) is 0 Å². The van der Waals surface area contributed by atoms with Gasteiger partial charge in [0.2, 0.25) is 0 Å². The fourth-order valence-corrected chi connectivity index (χ4v) is 3.08. The highest BCUT2D eigenvalue weighted by molar-refractivity contribution is 4.87. The third-order valence-electron chi connectivity index (χ3n) is 4.24. The molecule has 0 aliphatic carbocycles. The normalized spacial score (nSPS) is 35.4. The van der Waals surface area contributed by atoms with Gasteiger partial charge in [-0.05, 0) is 37.1 Å². The molecule has 2 atom stereocenters. The first-order chi connectivity index (χ1) is 7.62. The lowest BCUT2D eigenvalue weighted by molar-refractivity contribution is -0.00446. The Balaban J connectivity index is 1.84. The van der Waals surface area contributed by atoms with Gasteiger partial charge in [-0.1, -0.05) is 13.8 Å². The van der Waals surface area contributed by atoms with Crippen LogP contribution in [-0.4, -0.2) is 49.0 Å². The highest BCUT2D eigenvalue weighted by atomic mass is 16.5. The zero-order chi connectivity index (χ0) is 11.6. The molecule has 0 radical (unpaired) electrons. The topological polar surface area (TPSA) is 32.7 Å². The zero-order valence-corrected chi connectivity index (χ0v) is 10.6. The third kappa shape index (κ3) is 2.76. The molecule has 0 aromatic rings. The van der Waals surface area contributed by atoms with Crippen LogP contribution in [0.4, 0.5) is 0 Å². The molecule has 2 heterocycles. The summed E-state index contributed by atoms with van der Waals surface area (Å²) in [4.78, 5) is 2.52. The van der Waals surface area contributed by atoms with Crippen LogP contribution in [-0.2, 0) is 4.74 Å². The lowest BCUT2D eigenvalue weighted by Gasteiger charge is -2.44. The van der Waals surface area contributed by atoms with E-state index in [1.165, 1.54) is 12.8 Å². The molecule has 0 saturated carbocycles. The van der Waals surface area contributed by atoms with Gasteiger partial charge in [-0.2, -0.15) is 0 Å². The predicted octanol–water partition coefficient (Wildman–Crippen LogP) is 1.51. The Labute approximate surface area is 98.8 Å². The molecule has 94 valence electrons. The SMILES string of the molecule is CC1(C)CN(CC2CCCO2)CCC1CO. The molecule has 2 unspecified atom stereocenters. The second kappa shape index (κ2) is 5.03. The Morgan fingerprint density at radius 2 is 2.19 bits per heavy atom. The summed E-state index contributed by atoms with van der Waals surface area (Å²) in [5, 5.41) is 9.35. The van der Waals surface area contributed by atoms with Gasteiger partial charge in [0.1, 0.15) is 0 Å². The average molecular weight is 227 g/mol. The van der Waals surface area contributed by atoms with Crippen LogP contribution < -0.4 is 0 Å². The van der Waals surface area contributed by atoms with Crippen LogP contribution in [0.5, 0.6) is 0 Å². The highest BCUT2D eigenvalue weighted by Crippen LogP contribution is 2.34. The van der Waals surface area contributed by atoms with Crippen LogP contribution in [0.15, 0.2) is 0 Å². The fraction of sp³-hybridized carbons (Fsp3) is 1.00. The van der Waals surface area contributed by atoms with Crippen LogP contribution in [0.2, 0.25) is 0 Å². The van der Waals surface area contributed by atoms with Crippen LogP contribution in [0, 0.1) is 11.3 Å². The number of nitrogens with zero attached hydrogens (tertiary/aromatic N) is 1. The maximum atomic E-state index is 9.35. The number of likely N-dealkylation sites (tertiary alicyclic amines) is 1. The molecule has 3 heteroatoms. The minimum atomic E-state index is 0.242. The number of aliphatic hydroxyl groups is 1. The van der Waals surface area contributed by atoms with Crippen molar-refractivity contribution < 1.29 is 9.84 Å². The van der Waals surface area contributed by atoms with Gasteiger partial charge < -0.3 is 14.7 Å². The molecular weight excluding hydrogens is 202 g/mol. The molecular formula is C13H25NO2. The second-order valence-electron chi connectivity index (χ2n) is 6.03. The summed E-state index contributed by atoms with van der Waals surface area (Å²) >= 11 is 0. The van der Waals surface area contributed by atoms with Crippen LogP contribution >= 0.6 is 0 Å². The summed E-state index contributed by atoms with van der Waals surface area (Å²) in [5.41, 5.74) is 0.242. The highest BCUT2D eigenvalue weighted by Gasteiger charge is 2.36. The first-order valence-electron chi connectivity index (χ1n) is 6.56. The predicted molar refractivity (Wildman–Crippen MR) is 64.4 cm³/mol. The molecule has 2 aliphatic heterocycles. The molecule has 0 aromatic carbocycles. The van der Waals surface area contributed by atoms with Gasteiger partial charge >= 0.3 is 0 Å².